The number of halogens is 2. The van der Waals surface area contributed by atoms with Crippen LogP contribution in [0.1, 0.15) is 33.4 Å². The molecule has 4 N–H and O–H groups in total. The van der Waals surface area contributed by atoms with Crippen molar-refractivity contribution in [3.63, 3.8) is 0 Å². The molecular formula is C42H51Cl2O9P3. The van der Waals surface area contributed by atoms with Crippen molar-refractivity contribution >= 4 is 49.6 Å². The molecule has 0 fully saturated rings. The lowest BCUT2D eigenvalue weighted by atomic mass is 10.1. The Kier molecular flexibility index (Phi) is 18.9. The molecule has 0 heterocycles. The Morgan fingerprint density at radius 3 is 1.41 bits per heavy atom. The highest BCUT2D eigenvalue weighted by Crippen LogP contribution is 2.65. The Balaban J connectivity index is 0.000000573. The Morgan fingerprint density at radius 1 is 0.571 bits per heavy atom. The maximum Gasteiger partial charge on any atom is 0.188 e. The summed E-state index contributed by atoms with van der Waals surface area (Å²) in [5.74, 6) is 2.27. The minimum absolute atomic E-state index is 0. The molecule has 3 atom stereocenters. The zero-order valence-corrected chi connectivity index (χ0v) is 36.6. The van der Waals surface area contributed by atoms with Crippen molar-refractivity contribution in [1.29, 1.82) is 1.28 Å². The van der Waals surface area contributed by atoms with Gasteiger partial charge < -0.3 is 56.5 Å². The molecular weight excluding hydrogens is 812 g/mol. The van der Waals surface area contributed by atoms with E-state index in [1.54, 1.807) is 64.8 Å². The van der Waals surface area contributed by atoms with Gasteiger partial charge in [-0.25, -0.2) is 0 Å². The molecule has 3 unspecified atom stereocenters. The predicted octanol–water partition coefficient (Wildman–Crippen LogP) is 4.24. The lowest BCUT2D eigenvalue weighted by Gasteiger charge is -2.34. The highest BCUT2D eigenvalue weighted by atomic mass is 35.7. The summed E-state index contributed by atoms with van der Waals surface area (Å²) in [4.78, 5) is 0. The maximum atomic E-state index is 10.9. The third-order valence-corrected chi connectivity index (χ3v) is 18.2. The zero-order chi connectivity index (χ0) is 40.8. The SMILES string of the molecule is COc1cc(CO)c([P+](Cc2ccccc2)(c2c(CO)cc(OC)cc2OC)c2c(OC)cc(CO)cc2OC)c(CO)c1.[3H]P(C)P(Cl)Cc1ccccc1.[Cl-]. The minimum Gasteiger partial charge on any atom is -1.00 e. The molecule has 0 amide bonds. The van der Waals surface area contributed by atoms with E-state index in [1.165, 1.54) is 12.7 Å². The van der Waals surface area contributed by atoms with Crippen LogP contribution >= 0.6 is 33.7 Å². The van der Waals surface area contributed by atoms with Gasteiger partial charge in [-0.05, 0) is 53.7 Å². The van der Waals surface area contributed by atoms with E-state index in [1.807, 2.05) is 55.2 Å². The van der Waals surface area contributed by atoms with Crippen LogP contribution in [0.25, 0.3) is 0 Å². The Morgan fingerprint density at radius 2 is 1.00 bits per heavy atom. The lowest BCUT2D eigenvalue weighted by molar-refractivity contribution is -0.0000162. The molecule has 0 bridgehead atoms. The molecule has 0 aliphatic rings. The fraction of sp³-hybridized carbons (Fsp3) is 0.286. The molecule has 0 radical (unpaired) electrons. The topological polar surface area (TPSA) is 127 Å². The minimum atomic E-state index is -3.24. The summed E-state index contributed by atoms with van der Waals surface area (Å²) in [6, 6.07) is 30.5. The van der Waals surface area contributed by atoms with E-state index in [9.17, 15) is 20.4 Å². The number of aliphatic hydroxyl groups is 4. The van der Waals surface area contributed by atoms with Gasteiger partial charge in [0.25, 0.3) is 0 Å². The average molecular weight is 866 g/mol. The van der Waals surface area contributed by atoms with Crippen LogP contribution in [0.4, 0.5) is 0 Å². The van der Waals surface area contributed by atoms with Gasteiger partial charge in [0.15, 0.2) is 27.9 Å². The van der Waals surface area contributed by atoms with Gasteiger partial charge in [-0.15, -0.1) is 0 Å². The Hall–Kier alpha value is -3.19. The Bertz CT molecular complexity index is 1780. The smallest absolute Gasteiger partial charge is 0.188 e. The number of aliphatic hydroxyl groups excluding tert-OH is 4. The molecule has 5 aromatic rings. The third-order valence-electron chi connectivity index (χ3n) is 9.07. The van der Waals surface area contributed by atoms with Gasteiger partial charge in [-0.1, -0.05) is 80.1 Å². The quantitative estimate of drug-likeness (QED) is 0.102. The number of benzene rings is 5. The second-order valence-electron chi connectivity index (χ2n) is 12.2. The molecule has 0 spiro atoms. The average Bonchev–Trinajstić information content (AvgIpc) is 3.24. The maximum absolute atomic E-state index is 10.9. The molecule has 56 heavy (non-hydrogen) atoms. The van der Waals surface area contributed by atoms with Crippen molar-refractivity contribution in [2.45, 2.75) is 38.8 Å². The molecule has 9 nitrogen and oxygen atoms in total. The summed E-state index contributed by atoms with van der Waals surface area (Å²) >= 11 is 6.06. The van der Waals surface area contributed by atoms with E-state index in [4.69, 9.17) is 36.2 Å². The van der Waals surface area contributed by atoms with Crippen molar-refractivity contribution in [2.75, 3.05) is 42.2 Å². The van der Waals surface area contributed by atoms with Crippen LogP contribution in [0.5, 0.6) is 28.7 Å². The fourth-order valence-electron chi connectivity index (χ4n) is 6.69. The molecule has 302 valence electrons. The first-order valence-electron chi connectivity index (χ1n) is 17.8. The van der Waals surface area contributed by atoms with Crippen LogP contribution in [0, 0.1) is 0 Å². The molecule has 0 aliphatic heterocycles. The van der Waals surface area contributed by atoms with Crippen LogP contribution in [0.3, 0.4) is 0 Å². The standard InChI is InChI=1S/C34H40O9P.C8H11ClP2.ClH/c1-39-27-13-24(18-36)32(25(14-27)19-37)44(21-22-9-7-6-8-10-22,33-26(20-38)15-28(40-2)16-31(33)43-5)34-29(41-3)11-23(17-35)12-30(34)42-4;1-10-11(9)7-8-5-3-2-4-6-8;/h6-16,35-38H,17-21H2,1-5H3;2-6,10H,7H2,1H3;1H/q+1;;/p-1/i;10T;. The highest BCUT2D eigenvalue weighted by molar-refractivity contribution is 8.32. The van der Waals surface area contributed by atoms with E-state index in [2.05, 4.69) is 12.1 Å². The lowest BCUT2D eigenvalue weighted by Crippen LogP contribution is -3.00. The predicted molar refractivity (Wildman–Crippen MR) is 229 cm³/mol. The van der Waals surface area contributed by atoms with Crippen molar-refractivity contribution in [2.24, 2.45) is 0 Å². The van der Waals surface area contributed by atoms with Crippen LogP contribution in [-0.2, 0) is 38.8 Å². The van der Waals surface area contributed by atoms with E-state index in [0.29, 0.717) is 73.1 Å². The molecule has 14 heteroatoms. The molecule has 5 aromatic carbocycles. The fourth-order valence-corrected chi connectivity index (χ4v) is 14.1. The van der Waals surface area contributed by atoms with Gasteiger partial charge in [0.1, 0.15) is 24.1 Å². The van der Waals surface area contributed by atoms with Gasteiger partial charge in [-0.3, -0.25) is 0 Å². The van der Waals surface area contributed by atoms with Crippen molar-refractivity contribution < 1.29 is 56.5 Å². The van der Waals surface area contributed by atoms with Gasteiger partial charge in [0, 0.05) is 35.9 Å². The normalized spacial score (nSPS) is 13.1. The molecule has 5 rings (SSSR count). The molecule has 0 saturated heterocycles. The van der Waals surface area contributed by atoms with Crippen molar-refractivity contribution in [3.05, 3.63) is 130 Å². The van der Waals surface area contributed by atoms with Gasteiger partial charge in [0.05, 0.1) is 69.4 Å². The van der Waals surface area contributed by atoms with Crippen LogP contribution in [0.2, 0.25) is 0 Å². The van der Waals surface area contributed by atoms with E-state index >= 15 is 0 Å². The van der Waals surface area contributed by atoms with Crippen LogP contribution < -0.4 is 52.0 Å². The first-order chi connectivity index (χ1) is 27.1. The highest BCUT2D eigenvalue weighted by Gasteiger charge is 2.56. The molecule has 0 saturated carbocycles. The van der Waals surface area contributed by atoms with Crippen LogP contribution in [-0.4, -0.2) is 63.9 Å². The third kappa shape index (κ3) is 10.8. The van der Waals surface area contributed by atoms with E-state index in [0.717, 1.165) is 11.7 Å². The summed E-state index contributed by atoms with van der Waals surface area (Å²) in [6.07, 6.45) is 1.24. The summed E-state index contributed by atoms with van der Waals surface area (Å²) in [5.41, 5.74) is 4.35. The summed E-state index contributed by atoms with van der Waals surface area (Å²) in [6.45, 7) is -0.0598. The van der Waals surface area contributed by atoms with E-state index in [-0.39, 0.29) is 38.8 Å². The zero-order valence-electron chi connectivity index (χ0n) is 33.4. The van der Waals surface area contributed by atoms with E-state index < -0.39 is 22.4 Å². The van der Waals surface area contributed by atoms with Gasteiger partial charge in [0.2, 0.25) is 0 Å². The van der Waals surface area contributed by atoms with Crippen molar-refractivity contribution in [1.82, 2.24) is 0 Å². The van der Waals surface area contributed by atoms with Gasteiger partial charge >= 0.3 is 0 Å². The number of methoxy groups -OCH3 is 5. The number of ether oxygens (including phenoxy) is 5. The van der Waals surface area contributed by atoms with Crippen LogP contribution in [0.15, 0.2) is 97.1 Å². The molecule has 0 aromatic heterocycles. The number of hydrogen-bond donors (Lipinski definition) is 4. The first kappa shape index (κ1) is 45.5. The largest absolute Gasteiger partial charge is 1.00 e. The van der Waals surface area contributed by atoms with Crippen molar-refractivity contribution in [3.8, 4) is 28.7 Å². The summed E-state index contributed by atoms with van der Waals surface area (Å²) in [7, 11) is 3.76. The number of rotatable bonds is 17. The summed E-state index contributed by atoms with van der Waals surface area (Å²) in [5, 5.41) is 44.9. The monoisotopic (exact) mass is 864 g/mol. The Labute approximate surface area is 346 Å². The molecule has 0 aliphatic carbocycles. The second kappa shape index (κ2) is 23.3. The first-order valence-corrected chi connectivity index (χ1v) is 23.8. The summed E-state index contributed by atoms with van der Waals surface area (Å²) < 4.78 is 36.8. The number of hydrogen-bond acceptors (Lipinski definition) is 9. The second-order valence-corrected chi connectivity index (χ2v) is 21.5. The van der Waals surface area contributed by atoms with Gasteiger partial charge in [-0.2, -0.15) is 0 Å².